The molecule has 0 amide bonds. The molecule has 1 unspecified atom stereocenters. The van der Waals surface area contributed by atoms with E-state index in [0.717, 1.165) is 25.1 Å². The molecule has 1 atom stereocenters. The van der Waals surface area contributed by atoms with Crippen LogP contribution in [0.4, 0.5) is 8.78 Å². The Bertz CT molecular complexity index is 524. The van der Waals surface area contributed by atoms with E-state index in [1.54, 1.807) is 6.07 Å². The van der Waals surface area contributed by atoms with Gasteiger partial charge in [0, 0.05) is 0 Å². The molecule has 1 aromatic heterocycles. The van der Waals surface area contributed by atoms with Crippen LogP contribution in [0.2, 0.25) is 0 Å². The first kappa shape index (κ1) is 14.0. The van der Waals surface area contributed by atoms with E-state index in [1.807, 2.05) is 13.8 Å². The van der Waals surface area contributed by atoms with Gasteiger partial charge in [-0.1, -0.05) is 20.8 Å². The Balaban J connectivity index is 2.43. The fourth-order valence-corrected chi connectivity index (χ4v) is 2.19. The minimum absolute atomic E-state index is 0.000974. The average Bonchev–Trinajstić information content (AvgIpc) is 2.80. The highest BCUT2D eigenvalue weighted by atomic mass is 19.1. The molecule has 2 nitrogen and oxygen atoms in total. The zero-order valence-electron chi connectivity index (χ0n) is 11.5. The topological polar surface area (TPSA) is 25.2 Å². The first-order chi connectivity index (χ1) is 9.04. The summed E-state index contributed by atoms with van der Waals surface area (Å²) >= 11 is 0. The number of furan rings is 1. The molecule has 104 valence electrons. The Hall–Kier alpha value is -1.42. The van der Waals surface area contributed by atoms with E-state index >= 15 is 0 Å². The monoisotopic (exact) mass is 267 g/mol. The Kier molecular flexibility index (Phi) is 4.20. The summed E-state index contributed by atoms with van der Waals surface area (Å²) in [6.07, 6.45) is 0.992. The van der Waals surface area contributed by atoms with Crippen molar-refractivity contribution in [1.29, 1.82) is 0 Å². The molecule has 0 fully saturated rings. The van der Waals surface area contributed by atoms with E-state index < -0.39 is 11.6 Å². The SMILES string of the molecule is CCCNC(c1cc2c(F)ccc(F)c2o1)C(C)C. The summed E-state index contributed by atoms with van der Waals surface area (Å²) in [5, 5.41) is 3.55. The Morgan fingerprint density at radius 2 is 1.89 bits per heavy atom. The normalized spacial score (nSPS) is 13.4. The second-order valence-corrected chi connectivity index (χ2v) is 5.10. The molecule has 0 bridgehead atoms. The number of hydrogen-bond donors (Lipinski definition) is 1. The third-order valence-corrected chi connectivity index (χ3v) is 3.19. The summed E-state index contributed by atoms with van der Waals surface area (Å²) in [5.41, 5.74) is -0.000974. The van der Waals surface area contributed by atoms with Gasteiger partial charge in [0.2, 0.25) is 0 Å². The maximum Gasteiger partial charge on any atom is 0.172 e. The van der Waals surface area contributed by atoms with Crippen LogP contribution in [-0.2, 0) is 0 Å². The van der Waals surface area contributed by atoms with Gasteiger partial charge in [-0.3, -0.25) is 0 Å². The van der Waals surface area contributed by atoms with Gasteiger partial charge in [0.25, 0.3) is 0 Å². The molecule has 4 heteroatoms. The number of fused-ring (bicyclic) bond motifs is 1. The van der Waals surface area contributed by atoms with E-state index in [4.69, 9.17) is 4.42 Å². The summed E-state index contributed by atoms with van der Waals surface area (Å²) in [7, 11) is 0. The van der Waals surface area contributed by atoms with Crippen molar-refractivity contribution in [2.45, 2.75) is 33.2 Å². The van der Waals surface area contributed by atoms with E-state index in [9.17, 15) is 8.78 Å². The van der Waals surface area contributed by atoms with Gasteiger partial charge in [-0.25, -0.2) is 8.78 Å². The number of benzene rings is 1. The zero-order valence-corrected chi connectivity index (χ0v) is 11.5. The lowest BCUT2D eigenvalue weighted by Crippen LogP contribution is -2.25. The fourth-order valence-electron chi connectivity index (χ4n) is 2.19. The molecule has 0 aliphatic carbocycles. The van der Waals surface area contributed by atoms with Crippen LogP contribution in [0.3, 0.4) is 0 Å². The van der Waals surface area contributed by atoms with E-state index in [1.165, 1.54) is 0 Å². The maximum absolute atomic E-state index is 13.6. The molecule has 0 spiro atoms. The Morgan fingerprint density at radius 3 is 2.47 bits per heavy atom. The van der Waals surface area contributed by atoms with Crippen molar-refractivity contribution < 1.29 is 13.2 Å². The van der Waals surface area contributed by atoms with Crippen molar-refractivity contribution in [2.75, 3.05) is 6.54 Å². The molecule has 2 rings (SSSR count). The molecule has 0 aliphatic rings. The molecule has 1 heterocycles. The van der Waals surface area contributed by atoms with E-state index in [-0.39, 0.29) is 22.9 Å². The van der Waals surface area contributed by atoms with Crippen molar-refractivity contribution in [1.82, 2.24) is 5.32 Å². The molecule has 0 aliphatic heterocycles. The lowest BCUT2D eigenvalue weighted by atomic mass is 10.0. The van der Waals surface area contributed by atoms with Gasteiger partial charge < -0.3 is 9.73 Å². The van der Waals surface area contributed by atoms with Crippen LogP contribution in [0.1, 0.15) is 39.0 Å². The predicted molar refractivity (Wildman–Crippen MR) is 72.0 cm³/mol. The summed E-state index contributed by atoms with van der Waals surface area (Å²) in [5.74, 6) is -0.120. The van der Waals surface area contributed by atoms with Crippen LogP contribution in [0.5, 0.6) is 0 Å². The van der Waals surface area contributed by atoms with Crippen LogP contribution in [0.25, 0.3) is 11.0 Å². The van der Waals surface area contributed by atoms with Crippen molar-refractivity contribution in [3.8, 4) is 0 Å². The first-order valence-electron chi connectivity index (χ1n) is 6.65. The molecular formula is C15H19F2NO. The largest absolute Gasteiger partial charge is 0.456 e. The van der Waals surface area contributed by atoms with Gasteiger partial charge in [0.05, 0.1) is 11.4 Å². The lowest BCUT2D eigenvalue weighted by molar-refractivity contribution is 0.349. The number of nitrogens with one attached hydrogen (secondary N) is 1. The molecule has 2 aromatic rings. The molecule has 1 N–H and O–H groups in total. The van der Waals surface area contributed by atoms with E-state index in [2.05, 4.69) is 12.2 Å². The summed E-state index contributed by atoms with van der Waals surface area (Å²) in [6, 6.07) is 3.78. The Labute approximate surface area is 111 Å². The van der Waals surface area contributed by atoms with Gasteiger partial charge in [0.15, 0.2) is 11.4 Å². The number of halogens is 2. The third-order valence-electron chi connectivity index (χ3n) is 3.19. The van der Waals surface area contributed by atoms with Crippen LogP contribution >= 0.6 is 0 Å². The van der Waals surface area contributed by atoms with Gasteiger partial charge in [0.1, 0.15) is 11.6 Å². The molecule has 0 radical (unpaired) electrons. The highest BCUT2D eigenvalue weighted by Crippen LogP contribution is 2.31. The van der Waals surface area contributed by atoms with Crippen LogP contribution < -0.4 is 5.32 Å². The quantitative estimate of drug-likeness (QED) is 0.868. The molecule has 1 aromatic carbocycles. The summed E-state index contributed by atoms with van der Waals surface area (Å²) in [6.45, 7) is 7.01. The first-order valence-corrected chi connectivity index (χ1v) is 6.65. The van der Waals surface area contributed by atoms with Crippen LogP contribution in [0.15, 0.2) is 22.6 Å². The molecule has 0 saturated heterocycles. The van der Waals surface area contributed by atoms with Crippen molar-refractivity contribution in [3.63, 3.8) is 0 Å². The second kappa shape index (κ2) is 5.70. The standard InChI is InChI=1S/C15H19F2NO/c1-4-7-18-14(9(2)3)13-8-10-11(16)5-6-12(17)15(10)19-13/h5-6,8-9,14,18H,4,7H2,1-3H3. The second-order valence-electron chi connectivity index (χ2n) is 5.10. The number of hydrogen-bond acceptors (Lipinski definition) is 2. The highest BCUT2D eigenvalue weighted by molar-refractivity contribution is 5.79. The summed E-state index contributed by atoms with van der Waals surface area (Å²) < 4.78 is 32.8. The predicted octanol–water partition coefficient (Wildman–Crippen LogP) is 4.41. The van der Waals surface area contributed by atoms with Gasteiger partial charge in [-0.05, 0) is 37.1 Å². The van der Waals surface area contributed by atoms with Gasteiger partial charge >= 0.3 is 0 Å². The average molecular weight is 267 g/mol. The number of rotatable bonds is 5. The van der Waals surface area contributed by atoms with Gasteiger partial charge in [-0.2, -0.15) is 0 Å². The van der Waals surface area contributed by atoms with Gasteiger partial charge in [-0.15, -0.1) is 0 Å². The van der Waals surface area contributed by atoms with Crippen molar-refractivity contribution >= 4 is 11.0 Å². The fraction of sp³-hybridized carbons (Fsp3) is 0.467. The molecule has 19 heavy (non-hydrogen) atoms. The van der Waals surface area contributed by atoms with Crippen molar-refractivity contribution in [2.24, 2.45) is 5.92 Å². The van der Waals surface area contributed by atoms with Crippen LogP contribution in [0, 0.1) is 17.6 Å². The summed E-state index contributed by atoms with van der Waals surface area (Å²) in [4.78, 5) is 0. The van der Waals surface area contributed by atoms with Crippen molar-refractivity contribution in [3.05, 3.63) is 35.6 Å². The zero-order chi connectivity index (χ0) is 14.0. The van der Waals surface area contributed by atoms with E-state index in [0.29, 0.717) is 5.76 Å². The minimum atomic E-state index is -0.527. The minimum Gasteiger partial charge on any atom is -0.456 e. The Morgan fingerprint density at radius 1 is 1.21 bits per heavy atom. The highest BCUT2D eigenvalue weighted by Gasteiger charge is 2.21. The molecular weight excluding hydrogens is 248 g/mol. The van der Waals surface area contributed by atoms with Crippen LogP contribution in [-0.4, -0.2) is 6.54 Å². The third kappa shape index (κ3) is 2.78. The molecule has 0 saturated carbocycles. The maximum atomic E-state index is 13.6. The lowest BCUT2D eigenvalue weighted by Gasteiger charge is -2.19. The smallest absolute Gasteiger partial charge is 0.172 e.